The fraction of sp³-hybridized carbons (Fsp3) is 0.467. The van der Waals surface area contributed by atoms with Crippen LogP contribution in [-0.2, 0) is 9.59 Å². The molecule has 2 unspecified atom stereocenters. The number of thioether (sulfide) groups is 1. The van der Waals surface area contributed by atoms with Crippen LogP contribution in [-0.4, -0.2) is 34.4 Å². The molecule has 4 nitrogen and oxygen atoms in total. The second-order valence-corrected chi connectivity index (χ2v) is 6.13. The molecule has 1 heterocycles. The summed E-state index contributed by atoms with van der Waals surface area (Å²) in [6.07, 6.45) is 0.748. The van der Waals surface area contributed by atoms with Gasteiger partial charge in [-0.2, -0.15) is 0 Å². The first-order valence-electron chi connectivity index (χ1n) is 6.97. The molecule has 1 aromatic rings. The van der Waals surface area contributed by atoms with Crippen LogP contribution < -0.4 is 5.32 Å². The Hall–Kier alpha value is -1.56. The standard InChI is InChI=1S/C15H19FN2O2S/c1-3-10(2)15(20)18-9-21-8-13(18)14(19)17-12-6-4-5-11(16)7-12/h4-7,10,13H,3,8-9H2,1-2H3,(H,17,19). The zero-order chi connectivity index (χ0) is 15.4. The lowest BCUT2D eigenvalue weighted by Gasteiger charge is -2.25. The lowest BCUT2D eigenvalue weighted by molar-refractivity contribution is -0.139. The van der Waals surface area contributed by atoms with Gasteiger partial charge in [0.1, 0.15) is 11.9 Å². The molecule has 1 aromatic carbocycles. The van der Waals surface area contributed by atoms with E-state index >= 15 is 0 Å². The molecule has 0 spiro atoms. The Balaban J connectivity index is 2.05. The number of benzene rings is 1. The van der Waals surface area contributed by atoms with Crippen molar-refractivity contribution in [2.24, 2.45) is 5.92 Å². The maximum atomic E-state index is 13.1. The zero-order valence-corrected chi connectivity index (χ0v) is 13.0. The summed E-state index contributed by atoms with van der Waals surface area (Å²) in [6, 6.07) is 5.26. The van der Waals surface area contributed by atoms with Crippen molar-refractivity contribution in [3.05, 3.63) is 30.1 Å². The first-order chi connectivity index (χ1) is 10.0. The number of nitrogens with zero attached hydrogens (tertiary/aromatic N) is 1. The van der Waals surface area contributed by atoms with Crippen LogP contribution in [0.15, 0.2) is 24.3 Å². The van der Waals surface area contributed by atoms with Crippen molar-refractivity contribution in [2.75, 3.05) is 16.9 Å². The Morgan fingerprint density at radius 2 is 2.29 bits per heavy atom. The van der Waals surface area contributed by atoms with Crippen molar-refractivity contribution in [1.29, 1.82) is 0 Å². The molecule has 0 bridgehead atoms. The minimum atomic E-state index is -0.486. The fourth-order valence-corrected chi connectivity index (χ4v) is 3.29. The molecule has 1 aliphatic heterocycles. The Morgan fingerprint density at radius 3 is 2.95 bits per heavy atom. The van der Waals surface area contributed by atoms with Crippen molar-refractivity contribution in [2.45, 2.75) is 26.3 Å². The van der Waals surface area contributed by atoms with Crippen LogP contribution >= 0.6 is 11.8 Å². The zero-order valence-electron chi connectivity index (χ0n) is 12.1. The average Bonchev–Trinajstić information content (AvgIpc) is 2.95. The number of amides is 2. The molecule has 2 atom stereocenters. The first kappa shape index (κ1) is 15.8. The normalized spacial score (nSPS) is 19.4. The third kappa shape index (κ3) is 3.75. The van der Waals surface area contributed by atoms with E-state index in [4.69, 9.17) is 0 Å². The van der Waals surface area contributed by atoms with Crippen LogP contribution in [0, 0.1) is 11.7 Å². The summed E-state index contributed by atoms with van der Waals surface area (Å²) in [4.78, 5) is 26.2. The number of anilines is 1. The lowest BCUT2D eigenvalue weighted by atomic mass is 10.1. The molecule has 2 amide bonds. The van der Waals surface area contributed by atoms with Crippen molar-refractivity contribution >= 4 is 29.3 Å². The van der Waals surface area contributed by atoms with Crippen LogP contribution in [0.2, 0.25) is 0 Å². The molecule has 0 aliphatic carbocycles. The second-order valence-electron chi connectivity index (χ2n) is 5.13. The molecule has 1 aliphatic rings. The van der Waals surface area contributed by atoms with E-state index in [9.17, 15) is 14.0 Å². The Morgan fingerprint density at radius 1 is 1.52 bits per heavy atom. The molecule has 0 saturated carbocycles. The van der Waals surface area contributed by atoms with Crippen LogP contribution in [0.4, 0.5) is 10.1 Å². The van der Waals surface area contributed by atoms with E-state index in [1.165, 1.54) is 18.2 Å². The lowest BCUT2D eigenvalue weighted by Crippen LogP contribution is -2.46. The topological polar surface area (TPSA) is 49.4 Å². The van der Waals surface area contributed by atoms with Crippen molar-refractivity contribution < 1.29 is 14.0 Å². The largest absolute Gasteiger partial charge is 0.324 e. The number of rotatable bonds is 4. The highest BCUT2D eigenvalue weighted by atomic mass is 32.2. The highest BCUT2D eigenvalue weighted by molar-refractivity contribution is 7.99. The van der Waals surface area contributed by atoms with E-state index in [2.05, 4.69) is 5.32 Å². The van der Waals surface area contributed by atoms with Gasteiger partial charge in [-0.05, 0) is 24.6 Å². The van der Waals surface area contributed by atoms with Gasteiger partial charge in [-0.3, -0.25) is 9.59 Å². The summed E-state index contributed by atoms with van der Waals surface area (Å²) in [6.45, 7) is 3.82. The van der Waals surface area contributed by atoms with Gasteiger partial charge in [-0.25, -0.2) is 4.39 Å². The SMILES string of the molecule is CCC(C)C(=O)N1CSCC1C(=O)Nc1cccc(F)c1. The molecule has 1 saturated heterocycles. The minimum Gasteiger partial charge on any atom is -0.324 e. The number of halogens is 1. The van der Waals surface area contributed by atoms with Gasteiger partial charge < -0.3 is 10.2 Å². The van der Waals surface area contributed by atoms with E-state index in [1.807, 2.05) is 13.8 Å². The highest BCUT2D eigenvalue weighted by Gasteiger charge is 2.36. The molecule has 21 heavy (non-hydrogen) atoms. The summed E-state index contributed by atoms with van der Waals surface area (Å²) in [5, 5.41) is 2.68. The van der Waals surface area contributed by atoms with Crippen LogP contribution in [0.25, 0.3) is 0 Å². The van der Waals surface area contributed by atoms with Gasteiger partial charge >= 0.3 is 0 Å². The van der Waals surface area contributed by atoms with E-state index in [0.717, 1.165) is 6.42 Å². The monoisotopic (exact) mass is 310 g/mol. The predicted molar refractivity (Wildman–Crippen MR) is 82.4 cm³/mol. The number of carbonyl (C=O) groups is 2. The third-order valence-electron chi connectivity index (χ3n) is 3.59. The summed E-state index contributed by atoms with van der Waals surface area (Å²) < 4.78 is 13.1. The van der Waals surface area contributed by atoms with Gasteiger partial charge in [-0.15, -0.1) is 11.8 Å². The van der Waals surface area contributed by atoms with Crippen LogP contribution in [0.3, 0.4) is 0 Å². The van der Waals surface area contributed by atoms with Crippen molar-refractivity contribution in [3.63, 3.8) is 0 Å². The van der Waals surface area contributed by atoms with Gasteiger partial charge in [0.25, 0.3) is 0 Å². The minimum absolute atomic E-state index is 0.00175. The Kier molecular flexibility index (Phi) is 5.22. The maximum Gasteiger partial charge on any atom is 0.248 e. The smallest absolute Gasteiger partial charge is 0.248 e. The average molecular weight is 310 g/mol. The first-order valence-corrected chi connectivity index (χ1v) is 8.13. The van der Waals surface area contributed by atoms with Crippen molar-refractivity contribution in [3.8, 4) is 0 Å². The highest BCUT2D eigenvalue weighted by Crippen LogP contribution is 2.25. The molecule has 6 heteroatoms. The second kappa shape index (κ2) is 6.93. The van der Waals surface area contributed by atoms with Gasteiger partial charge in [0.15, 0.2) is 0 Å². The van der Waals surface area contributed by atoms with Crippen LogP contribution in [0.1, 0.15) is 20.3 Å². The molecule has 1 N–H and O–H groups in total. The quantitative estimate of drug-likeness (QED) is 0.930. The van der Waals surface area contributed by atoms with Gasteiger partial charge in [0.05, 0.1) is 5.88 Å². The number of nitrogens with one attached hydrogen (secondary N) is 1. The van der Waals surface area contributed by atoms with Gasteiger partial charge in [-0.1, -0.05) is 19.9 Å². The summed E-state index contributed by atoms with van der Waals surface area (Å²) in [5.74, 6) is 0.353. The predicted octanol–water partition coefficient (Wildman–Crippen LogP) is 2.71. The maximum absolute atomic E-state index is 13.1. The molecule has 114 valence electrons. The fourth-order valence-electron chi connectivity index (χ4n) is 2.13. The van der Waals surface area contributed by atoms with Gasteiger partial charge in [0.2, 0.25) is 11.8 Å². The third-order valence-corrected chi connectivity index (χ3v) is 4.61. The van der Waals surface area contributed by atoms with E-state index in [-0.39, 0.29) is 17.7 Å². The number of hydrogen-bond donors (Lipinski definition) is 1. The number of hydrogen-bond acceptors (Lipinski definition) is 3. The molecular formula is C15H19FN2O2S. The summed E-state index contributed by atoms with van der Waals surface area (Å²) in [5.41, 5.74) is 0.410. The molecule has 1 fully saturated rings. The summed E-state index contributed by atoms with van der Waals surface area (Å²) in [7, 11) is 0. The molecule has 2 rings (SSSR count). The van der Waals surface area contributed by atoms with Crippen molar-refractivity contribution in [1.82, 2.24) is 4.90 Å². The number of carbonyl (C=O) groups excluding carboxylic acids is 2. The summed E-state index contributed by atoms with van der Waals surface area (Å²) >= 11 is 1.56. The van der Waals surface area contributed by atoms with E-state index < -0.39 is 11.9 Å². The molecule has 0 radical (unpaired) electrons. The van der Waals surface area contributed by atoms with E-state index in [1.54, 1.807) is 22.7 Å². The van der Waals surface area contributed by atoms with Crippen LogP contribution in [0.5, 0.6) is 0 Å². The molecule has 0 aromatic heterocycles. The Bertz CT molecular complexity index is 538. The van der Waals surface area contributed by atoms with E-state index in [0.29, 0.717) is 17.3 Å². The van der Waals surface area contributed by atoms with Gasteiger partial charge in [0, 0.05) is 17.4 Å². The Labute approximate surface area is 128 Å². The molecular weight excluding hydrogens is 291 g/mol.